The highest BCUT2D eigenvalue weighted by molar-refractivity contribution is 5.82. The van der Waals surface area contributed by atoms with Gasteiger partial charge in [0.25, 0.3) is 0 Å². The van der Waals surface area contributed by atoms with Crippen molar-refractivity contribution in [3.63, 3.8) is 0 Å². The van der Waals surface area contributed by atoms with Gasteiger partial charge in [-0.2, -0.15) is 0 Å². The molecule has 60 heavy (non-hydrogen) atoms. The average molecular weight is 833 g/mol. The Bertz CT molecular complexity index is 1600. The fourth-order valence-electron chi connectivity index (χ4n) is 8.68. The summed E-state index contributed by atoms with van der Waals surface area (Å²) in [5.41, 5.74) is 6.48. The second-order valence-corrected chi connectivity index (χ2v) is 17.3. The number of aliphatic hydroxyl groups excluding tert-OH is 2. The molecule has 6 rings (SSSR count). The summed E-state index contributed by atoms with van der Waals surface area (Å²) >= 11 is 0. The third kappa shape index (κ3) is 14.9. The van der Waals surface area contributed by atoms with E-state index in [4.69, 9.17) is 29.4 Å². The number of carbonyl (C=O) groups excluding carboxylic acids is 2. The van der Waals surface area contributed by atoms with Crippen molar-refractivity contribution in [2.24, 2.45) is 23.5 Å². The van der Waals surface area contributed by atoms with E-state index in [2.05, 4.69) is 56.5 Å². The average Bonchev–Trinajstić information content (AvgIpc) is 3.58. The number of fused-ring (bicyclic) bond motifs is 13. The number of hydrogen-bond acceptors (Lipinski definition) is 10. The normalized spacial score (nSPS) is 39.4. The number of amides is 1. The molecule has 0 saturated carbocycles. The van der Waals surface area contributed by atoms with Gasteiger partial charge in [-0.3, -0.25) is 4.79 Å². The van der Waals surface area contributed by atoms with Crippen LogP contribution < -0.4 is 11.1 Å². The molecule has 11 nitrogen and oxygen atoms in total. The Hall–Kier alpha value is -3.42. The second-order valence-electron chi connectivity index (χ2n) is 17.3. The summed E-state index contributed by atoms with van der Waals surface area (Å²) in [5, 5.41) is 24.7. The molecule has 14 atom stereocenters. The Morgan fingerprint density at radius 3 is 2.47 bits per heavy atom. The van der Waals surface area contributed by atoms with Crippen LogP contribution in [0.15, 0.2) is 96.7 Å². The van der Waals surface area contributed by atoms with Gasteiger partial charge >= 0.3 is 5.97 Å². The topological polar surface area (TPSA) is 159 Å². The van der Waals surface area contributed by atoms with Gasteiger partial charge in [-0.1, -0.05) is 106 Å². The van der Waals surface area contributed by atoms with Gasteiger partial charge in [-0.05, 0) is 81.8 Å². The number of nitrogens with one attached hydrogen (secondary N) is 1. The van der Waals surface area contributed by atoms with Gasteiger partial charge in [-0.25, -0.2) is 4.79 Å². The van der Waals surface area contributed by atoms with E-state index in [1.807, 2.05) is 43.4 Å². The van der Waals surface area contributed by atoms with Gasteiger partial charge in [0.15, 0.2) is 6.10 Å². The van der Waals surface area contributed by atoms with E-state index in [9.17, 15) is 19.8 Å². The van der Waals surface area contributed by atoms with Gasteiger partial charge in [0, 0.05) is 37.9 Å². The summed E-state index contributed by atoms with van der Waals surface area (Å²) in [6.45, 7) is 9.46. The van der Waals surface area contributed by atoms with Crippen LogP contribution in [0.5, 0.6) is 0 Å². The fraction of sp³-hybridized carbons (Fsp3) is 0.633. The van der Waals surface area contributed by atoms with Crippen molar-refractivity contribution in [1.82, 2.24) is 5.32 Å². The molecule has 0 aromatic carbocycles. The SMILES string of the molecule is C/C(=C\[C@H](C)CCCCC(=O)NCCN)C1OC2C=CC1OC(=O)\C=C/C=C\C=C\[C@H]1OC3CC1O[C@@H](/C=C/C[C@H]1O[C@H](CC[C@H]1C)[C@@H](O)[C@@H](O)/C=C/CC/C=C/C2)C3C. The van der Waals surface area contributed by atoms with Gasteiger partial charge < -0.3 is 44.9 Å². The standard InChI is InChI=1S/C49H72N2O9/c1-33(17-14-15-23-46(53)51-30-29-50)31-35(3)49-43-28-26-37(56-49)18-10-6-5-7-11-19-38(52)48(55)42-27-25-34(2)39(57-42)21-16-22-40-36(4)44-32-45(58-40)41(59-44)20-12-8-9-13-24-47(54)60-43/h6,8-13,16,19-20,22,24,26,28,31,33-34,36-45,48-49,52,55H,5,7,14-15,17-18,21,23,25,27,29-30,32,50H2,1-4H3,(H,51,53)/b9-8-,10-6+,19-11+,20-12+,22-16+,24-13-,35-31+/t33-,34-,36?,37?,38+,39-,40+,41-,42-,43?,44?,45?,48+,49?/m1/s1. The zero-order valence-electron chi connectivity index (χ0n) is 36.3. The van der Waals surface area contributed by atoms with Crippen LogP contribution in [0.25, 0.3) is 0 Å². The molecule has 3 fully saturated rings. The van der Waals surface area contributed by atoms with Gasteiger partial charge in [0.1, 0.15) is 24.4 Å². The van der Waals surface area contributed by atoms with Crippen LogP contribution in [0.1, 0.15) is 98.3 Å². The van der Waals surface area contributed by atoms with Crippen molar-refractivity contribution < 1.29 is 43.5 Å². The van der Waals surface area contributed by atoms with Crippen LogP contribution in [0.3, 0.4) is 0 Å². The maximum Gasteiger partial charge on any atom is 0.331 e. The number of esters is 1. The zero-order chi connectivity index (χ0) is 42.9. The third-order valence-electron chi connectivity index (χ3n) is 12.3. The molecule has 0 spiro atoms. The van der Waals surface area contributed by atoms with E-state index in [1.165, 1.54) is 6.08 Å². The first kappa shape index (κ1) is 47.6. The highest BCUT2D eigenvalue weighted by Crippen LogP contribution is 2.38. The van der Waals surface area contributed by atoms with E-state index in [0.29, 0.717) is 51.1 Å². The van der Waals surface area contributed by atoms with Gasteiger partial charge in [0.05, 0.1) is 36.6 Å². The van der Waals surface area contributed by atoms with E-state index in [1.54, 1.807) is 18.2 Å². The molecule has 6 aliphatic rings. The lowest BCUT2D eigenvalue weighted by molar-refractivity contribution is -0.148. The molecule has 332 valence electrons. The van der Waals surface area contributed by atoms with Crippen molar-refractivity contribution in [3.05, 3.63) is 96.7 Å². The molecule has 0 aromatic heterocycles. The smallest absolute Gasteiger partial charge is 0.331 e. The summed E-state index contributed by atoms with van der Waals surface area (Å²) in [4.78, 5) is 25.0. The minimum atomic E-state index is -1.01. The molecule has 3 saturated heterocycles. The molecule has 1 amide bonds. The number of rotatable bonds is 9. The number of unbranched alkanes of at least 4 members (excludes halogenated alkanes) is 1. The Labute approximate surface area is 358 Å². The predicted molar refractivity (Wildman–Crippen MR) is 235 cm³/mol. The Balaban J connectivity index is 1.25. The molecule has 0 radical (unpaired) electrons. The van der Waals surface area contributed by atoms with Crippen LogP contribution in [0.2, 0.25) is 0 Å². The molecule has 0 aromatic rings. The first-order valence-electron chi connectivity index (χ1n) is 22.5. The van der Waals surface area contributed by atoms with E-state index in [0.717, 1.165) is 44.1 Å². The molecule has 5 N–H and O–H groups in total. The summed E-state index contributed by atoms with van der Waals surface area (Å²) < 4.78 is 31.8. The Morgan fingerprint density at radius 2 is 1.63 bits per heavy atom. The minimum Gasteiger partial charge on any atom is -0.452 e. The second kappa shape index (κ2) is 24.9. The van der Waals surface area contributed by atoms with Crippen LogP contribution >= 0.6 is 0 Å². The van der Waals surface area contributed by atoms with E-state index >= 15 is 0 Å². The van der Waals surface area contributed by atoms with Crippen molar-refractivity contribution in [1.29, 1.82) is 0 Å². The third-order valence-corrected chi connectivity index (χ3v) is 12.3. The van der Waals surface area contributed by atoms with Crippen molar-refractivity contribution in [2.75, 3.05) is 13.1 Å². The fourth-order valence-corrected chi connectivity index (χ4v) is 8.68. The monoisotopic (exact) mass is 833 g/mol. The van der Waals surface area contributed by atoms with Gasteiger partial charge in [-0.15, -0.1) is 0 Å². The lowest BCUT2D eigenvalue weighted by atomic mass is 9.88. The largest absolute Gasteiger partial charge is 0.452 e. The molecule has 6 aliphatic heterocycles. The maximum atomic E-state index is 13.0. The van der Waals surface area contributed by atoms with Crippen LogP contribution in [-0.2, 0) is 33.3 Å². The summed E-state index contributed by atoms with van der Waals surface area (Å²) in [5.74, 6) is 0.347. The summed E-state index contributed by atoms with van der Waals surface area (Å²) in [6, 6.07) is 0. The quantitative estimate of drug-likeness (QED) is 0.110. The number of carbonyl (C=O) groups is 2. The maximum absolute atomic E-state index is 13.0. The van der Waals surface area contributed by atoms with E-state index < -0.39 is 36.5 Å². The van der Waals surface area contributed by atoms with Crippen molar-refractivity contribution in [3.8, 4) is 0 Å². The molecule has 6 unspecified atom stereocenters. The van der Waals surface area contributed by atoms with Crippen molar-refractivity contribution in [2.45, 2.75) is 165 Å². The Morgan fingerprint density at radius 1 is 0.833 bits per heavy atom. The molecule has 0 aliphatic carbocycles. The molecule has 6 heterocycles. The Kier molecular flexibility index (Phi) is 19.7. The first-order chi connectivity index (χ1) is 29.0. The lowest BCUT2D eigenvalue weighted by Crippen LogP contribution is -2.44. The summed E-state index contributed by atoms with van der Waals surface area (Å²) in [6.07, 6.45) is 33.3. The summed E-state index contributed by atoms with van der Waals surface area (Å²) in [7, 11) is 0. The van der Waals surface area contributed by atoms with Crippen LogP contribution in [0, 0.1) is 17.8 Å². The number of ether oxygens (including phenoxy) is 5. The van der Waals surface area contributed by atoms with Crippen LogP contribution in [-0.4, -0.2) is 102 Å². The minimum absolute atomic E-state index is 0.0309. The number of hydrogen-bond donors (Lipinski definition) is 4. The van der Waals surface area contributed by atoms with Crippen LogP contribution in [0.4, 0.5) is 0 Å². The molecule has 7 bridgehead atoms. The number of aliphatic hydroxyl groups is 2. The number of nitrogens with two attached hydrogens (primary N) is 1. The van der Waals surface area contributed by atoms with E-state index in [-0.39, 0.29) is 54.4 Å². The molecular weight excluding hydrogens is 761 g/mol. The predicted octanol–water partition coefficient (Wildman–Crippen LogP) is 6.82. The van der Waals surface area contributed by atoms with Gasteiger partial charge in [0.2, 0.25) is 5.91 Å². The number of allylic oxidation sites excluding steroid dienone is 7. The highest BCUT2D eigenvalue weighted by Gasteiger charge is 2.45. The molecule has 11 heteroatoms. The lowest BCUT2D eigenvalue weighted by Gasteiger charge is -2.37. The highest BCUT2D eigenvalue weighted by atomic mass is 16.6. The first-order valence-corrected chi connectivity index (χ1v) is 22.5. The molecular formula is C49H72N2O9. The van der Waals surface area contributed by atoms with Crippen molar-refractivity contribution >= 4 is 11.9 Å². The zero-order valence-corrected chi connectivity index (χ0v) is 36.3.